The van der Waals surface area contributed by atoms with E-state index in [1.165, 1.54) is 19.2 Å². The van der Waals surface area contributed by atoms with Gasteiger partial charge >= 0.3 is 13.1 Å². The standard InChI is InChI=1S/C16H14BFO5/c1-21-16(19)15(10-5-3-2-4-6-10)23-14-8-12-11(7-13(14)18)9-22-17(12)20/h2-8,15,20H,9H2,1H3. The first kappa shape index (κ1) is 15.5. The quantitative estimate of drug-likeness (QED) is 0.681. The highest BCUT2D eigenvalue weighted by Crippen LogP contribution is 2.27. The lowest BCUT2D eigenvalue weighted by Crippen LogP contribution is -2.29. The molecule has 0 aliphatic carbocycles. The molecule has 0 saturated carbocycles. The highest BCUT2D eigenvalue weighted by Gasteiger charge is 2.31. The Labute approximate surface area is 132 Å². The van der Waals surface area contributed by atoms with Crippen LogP contribution in [0.2, 0.25) is 0 Å². The summed E-state index contributed by atoms with van der Waals surface area (Å²) in [5.74, 6) is -1.42. The zero-order valence-corrected chi connectivity index (χ0v) is 12.4. The third-order valence-electron chi connectivity index (χ3n) is 3.62. The van der Waals surface area contributed by atoms with Crippen LogP contribution in [0.25, 0.3) is 0 Å². The third kappa shape index (κ3) is 3.06. The van der Waals surface area contributed by atoms with Crippen LogP contribution >= 0.6 is 0 Å². The van der Waals surface area contributed by atoms with Crippen molar-refractivity contribution in [2.75, 3.05) is 7.11 Å². The molecule has 1 heterocycles. The number of halogens is 1. The summed E-state index contributed by atoms with van der Waals surface area (Å²) in [4.78, 5) is 12.0. The maximum absolute atomic E-state index is 14.2. The van der Waals surface area contributed by atoms with Crippen LogP contribution in [0.1, 0.15) is 17.2 Å². The first-order valence-electron chi connectivity index (χ1n) is 7.01. The molecule has 2 aromatic rings. The molecule has 118 valence electrons. The lowest BCUT2D eigenvalue weighted by molar-refractivity contribution is -0.149. The molecule has 23 heavy (non-hydrogen) atoms. The summed E-state index contributed by atoms with van der Waals surface area (Å²) in [7, 11) is 0.111. The van der Waals surface area contributed by atoms with Gasteiger partial charge in [-0.05, 0) is 23.2 Å². The number of hydrogen-bond acceptors (Lipinski definition) is 5. The van der Waals surface area contributed by atoms with Gasteiger partial charge < -0.3 is 19.2 Å². The number of methoxy groups -OCH3 is 1. The van der Waals surface area contributed by atoms with Gasteiger partial charge in [-0.1, -0.05) is 30.3 Å². The number of hydrogen-bond donors (Lipinski definition) is 1. The summed E-state index contributed by atoms with van der Waals surface area (Å²) in [6.45, 7) is 0.132. The molecule has 1 unspecified atom stereocenters. The summed E-state index contributed by atoms with van der Waals surface area (Å²) < 4.78 is 29.5. The lowest BCUT2D eigenvalue weighted by atomic mass is 9.79. The number of esters is 1. The van der Waals surface area contributed by atoms with Crippen LogP contribution in [0.5, 0.6) is 5.75 Å². The second kappa shape index (κ2) is 6.40. The van der Waals surface area contributed by atoms with E-state index in [4.69, 9.17) is 14.1 Å². The van der Waals surface area contributed by atoms with Crippen molar-refractivity contribution in [3.05, 3.63) is 59.4 Å². The second-order valence-corrected chi connectivity index (χ2v) is 5.08. The molecule has 1 N–H and O–H groups in total. The summed E-state index contributed by atoms with van der Waals surface area (Å²) in [5, 5.41) is 9.71. The van der Waals surface area contributed by atoms with Crippen molar-refractivity contribution in [2.45, 2.75) is 12.7 Å². The third-order valence-corrected chi connectivity index (χ3v) is 3.62. The summed E-state index contributed by atoms with van der Waals surface area (Å²) in [5.41, 5.74) is 1.52. The molecule has 1 aliphatic rings. The normalized spacial score (nSPS) is 14.3. The largest absolute Gasteiger partial charge is 0.491 e. The number of benzene rings is 2. The van der Waals surface area contributed by atoms with Gasteiger partial charge in [-0.25, -0.2) is 9.18 Å². The summed E-state index contributed by atoms with van der Waals surface area (Å²) in [6, 6.07) is 11.2. The van der Waals surface area contributed by atoms with E-state index in [2.05, 4.69) is 0 Å². The first-order chi connectivity index (χ1) is 11.1. The predicted octanol–water partition coefficient (Wildman–Crippen LogP) is 1.34. The summed E-state index contributed by atoms with van der Waals surface area (Å²) in [6.07, 6.45) is -1.10. The molecule has 0 fully saturated rings. The van der Waals surface area contributed by atoms with Crippen LogP contribution in [-0.4, -0.2) is 25.2 Å². The van der Waals surface area contributed by atoms with E-state index in [1.54, 1.807) is 30.3 Å². The number of fused-ring (bicyclic) bond motifs is 1. The second-order valence-electron chi connectivity index (χ2n) is 5.08. The molecule has 1 atom stereocenters. The van der Waals surface area contributed by atoms with E-state index >= 15 is 0 Å². The van der Waals surface area contributed by atoms with Crippen LogP contribution in [0.4, 0.5) is 4.39 Å². The topological polar surface area (TPSA) is 65.0 Å². The molecule has 0 spiro atoms. The Bertz CT molecular complexity index is 722. The molecule has 0 bridgehead atoms. The van der Waals surface area contributed by atoms with Gasteiger partial charge in [0.15, 0.2) is 11.6 Å². The van der Waals surface area contributed by atoms with Crippen molar-refractivity contribution in [3.63, 3.8) is 0 Å². The average Bonchev–Trinajstić information content (AvgIpc) is 2.93. The first-order valence-corrected chi connectivity index (χ1v) is 7.01. The molecular formula is C16H14BFO5. The van der Waals surface area contributed by atoms with E-state index in [0.717, 1.165) is 0 Å². The molecule has 1 aliphatic heterocycles. The van der Waals surface area contributed by atoms with Crippen molar-refractivity contribution >= 4 is 18.6 Å². The van der Waals surface area contributed by atoms with Crippen LogP contribution in [0.15, 0.2) is 42.5 Å². The number of carbonyl (C=O) groups is 1. The highest BCUT2D eigenvalue weighted by atomic mass is 19.1. The Balaban J connectivity index is 1.95. The van der Waals surface area contributed by atoms with Gasteiger partial charge in [-0.15, -0.1) is 0 Å². The molecule has 0 radical (unpaired) electrons. The predicted molar refractivity (Wildman–Crippen MR) is 80.6 cm³/mol. The number of ether oxygens (including phenoxy) is 2. The monoisotopic (exact) mass is 316 g/mol. The Morgan fingerprint density at radius 1 is 1.35 bits per heavy atom. The minimum atomic E-state index is -1.12. The fraction of sp³-hybridized carbons (Fsp3) is 0.188. The zero-order chi connectivity index (χ0) is 16.4. The van der Waals surface area contributed by atoms with Crippen molar-refractivity contribution in [2.24, 2.45) is 0 Å². The SMILES string of the molecule is COC(=O)C(Oc1cc2c(cc1F)COB2O)c1ccccc1. The van der Waals surface area contributed by atoms with Gasteiger partial charge in [-0.2, -0.15) is 0 Å². The van der Waals surface area contributed by atoms with Crippen molar-refractivity contribution in [3.8, 4) is 5.75 Å². The smallest absolute Gasteiger partial charge is 0.471 e. The van der Waals surface area contributed by atoms with E-state index in [-0.39, 0.29) is 12.4 Å². The molecule has 0 amide bonds. The molecule has 7 heteroatoms. The Morgan fingerprint density at radius 2 is 2.09 bits per heavy atom. The average molecular weight is 316 g/mol. The van der Waals surface area contributed by atoms with E-state index in [1.807, 2.05) is 0 Å². The van der Waals surface area contributed by atoms with Crippen molar-refractivity contribution in [1.29, 1.82) is 0 Å². The Hall–Kier alpha value is -2.38. The molecule has 0 saturated heterocycles. The molecular weight excluding hydrogens is 302 g/mol. The molecule has 0 aromatic heterocycles. The van der Waals surface area contributed by atoms with Gasteiger partial charge in [-0.3, -0.25) is 0 Å². The molecule has 3 rings (SSSR count). The number of carbonyl (C=O) groups excluding carboxylic acids is 1. The van der Waals surface area contributed by atoms with E-state index in [9.17, 15) is 14.2 Å². The maximum Gasteiger partial charge on any atom is 0.491 e. The highest BCUT2D eigenvalue weighted by molar-refractivity contribution is 6.61. The number of rotatable bonds is 4. The fourth-order valence-electron chi connectivity index (χ4n) is 2.43. The van der Waals surface area contributed by atoms with Gasteiger partial charge in [0.1, 0.15) is 0 Å². The van der Waals surface area contributed by atoms with Crippen LogP contribution in [-0.2, 0) is 20.8 Å². The molecule has 5 nitrogen and oxygen atoms in total. The van der Waals surface area contributed by atoms with E-state index < -0.39 is 25.0 Å². The van der Waals surface area contributed by atoms with Gasteiger partial charge in [0.25, 0.3) is 0 Å². The lowest BCUT2D eigenvalue weighted by Gasteiger charge is -2.18. The Kier molecular flexibility index (Phi) is 4.32. The van der Waals surface area contributed by atoms with Crippen molar-refractivity contribution < 1.29 is 28.3 Å². The minimum Gasteiger partial charge on any atom is -0.471 e. The van der Waals surface area contributed by atoms with Gasteiger partial charge in [0, 0.05) is 5.56 Å². The minimum absolute atomic E-state index is 0.132. The van der Waals surface area contributed by atoms with Crippen LogP contribution in [0, 0.1) is 5.82 Å². The zero-order valence-electron chi connectivity index (χ0n) is 12.4. The van der Waals surface area contributed by atoms with Gasteiger partial charge in [0.05, 0.1) is 13.7 Å². The Morgan fingerprint density at radius 3 is 2.78 bits per heavy atom. The maximum atomic E-state index is 14.2. The fourth-order valence-corrected chi connectivity index (χ4v) is 2.43. The van der Waals surface area contributed by atoms with E-state index in [0.29, 0.717) is 16.6 Å². The van der Waals surface area contributed by atoms with Gasteiger partial charge in [0.2, 0.25) is 6.10 Å². The van der Waals surface area contributed by atoms with Crippen LogP contribution in [0.3, 0.4) is 0 Å². The van der Waals surface area contributed by atoms with Crippen LogP contribution < -0.4 is 10.2 Å². The summed E-state index contributed by atoms with van der Waals surface area (Å²) >= 11 is 0. The molecule has 2 aromatic carbocycles. The van der Waals surface area contributed by atoms with Crippen molar-refractivity contribution in [1.82, 2.24) is 0 Å².